The zero-order valence-electron chi connectivity index (χ0n) is 35.9. The molecular weight excluding hydrogens is 799 g/mol. The van der Waals surface area contributed by atoms with Crippen molar-refractivity contribution in [2.75, 3.05) is 0 Å². The van der Waals surface area contributed by atoms with Gasteiger partial charge in [-0.2, -0.15) is 0 Å². The predicted octanol–water partition coefficient (Wildman–Crippen LogP) is 16.9. The van der Waals surface area contributed by atoms with Gasteiger partial charge in [0.25, 0.3) is 0 Å². The maximum absolute atomic E-state index is 4.94. The summed E-state index contributed by atoms with van der Waals surface area (Å²) in [6.07, 6.45) is 1.91. The highest BCUT2D eigenvalue weighted by atomic mass is 15.0. The fourth-order valence-corrected chi connectivity index (χ4v) is 11.1. The van der Waals surface area contributed by atoms with E-state index in [0.717, 1.165) is 27.8 Å². The maximum atomic E-state index is 4.94. The number of pyridine rings is 1. The van der Waals surface area contributed by atoms with Gasteiger partial charge in [0.15, 0.2) is 0 Å². The number of benzene rings is 11. The molecule has 14 rings (SSSR count). The first-order valence-corrected chi connectivity index (χ1v) is 22.7. The van der Waals surface area contributed by atoms with Crippen molar-refractivity contribution in [3.05, 3.63) is 237 Å². The zero-order valence-corrected chi connectivity index (χ0v) is 35.9. The average Bonchev–Trinajstić information content (AvgIpc) is 3.91. The summed E-state index contributed by atoms with van der Waals surface area (Å²) in [4.78, 5) is 4.94. The summed E-state index contributed by atoms with van der Waals surface area (Å²) in [6, 6.07) is 84.7. The standard InChI is InChI=1S/C63H39N3/c1-2-15-46-42(14-1)38-55(54-22-13-37-64-63(46)54)43-31-36-53-56(39-43)62(41-29-34-45(35-30-41)66-59-25-11-7-18-49(59)50-19-8-12-26-60(50)66)52-21-4-3-20-51(52)61(53)40-27-32-44(33-28-40)65-57-23-9-5-16-47(57)48-17-6-10-24-58(48)65/h1-39H. The number of rotatable bonds is 5. The molecule has 0 spiro atoms. The SMILES string of the molecule is c1ccc2c(c1)cc(-c1ccc3c(-c4ccc(-n5c6ccccc6c6ccccc65)cc4)c4ccccc4c(-c4ccc(-n5c6ccccc6c6ccccc65)cc4)c3c1)c1cccnc12. The van der Waals surface area contributed by atoms with Crippen molar-refractivity contribution in [2.24, 2.45) is 0 Å². The van der Waals surface area contributed by atoms with E-state index in [9.17, 15) is 0 Å². The van der Waals surface area contributed by atoms with Gasteiger partial charge in [-0.1, -0.05) is 164 Å². The van der Waals surface area contributed by atoms with Gasteiger partial charge in [-0.05, 0) is 127 Å². The molecule has 0 aliphatic rings. The highest BCUT2D eigenvalue weighted by molar-refractivity contribution is 6.23. The van der Waals surface area contributed by atoms with Crippen LogP contribution < -0.4 is 0 Å². The van der Waals surface area contributed by atoms with Gasteiger partial charge in [-0.3, -0.25) is 4.98 Å². The number of nitrogens with zero attached hydrogens (tertiary/aromatic N) is 3. The van der Waals surface area contributed by atoms with Crippen molar-refractivity contribution in [3.8, 4) is 44.8 Å². The summed E-state index contributed by atoms with van der Waals surface area (Å²) >= 11 is 0. The molecular formula is C63H39N3. The van der Waals surface area contributed by atoms with E-state index < -0.39 is 0 Å². The molecule has 0 fully saturated rings. The minimum absolute atomic E-state index is 1.02. The van der Waals surface area contributed by atoms with E-state index in [4.69, 9.17) is 4.98 Å². The molecule has 0 saturated carbocycles. The van der Waals surface area contributed by atoms with Gasteiger partial charge < -0.3 is 9.13 Å². The Hall–Kier alpha value is -8.79. The Kier molecular flexibility index (Phi) is 7.98. The summed E-state index contributed by atoms with van der Waals surface area (Å²) < 4.78 is 4.79. The lowest BCUT2D eigenvalue weighted by molar-refractivity contribution is 1.18. The monoisotopic (exact) mass is 837 g/mol. The molecule has 66 heavy (non-hydrogen) atoms. The molecule has 0 N–H and O–H groups in total. The lowest BCUT2D eigenvalue weighted by Crippen LogP contribution is -1.96. The first kappa shape index (κ1) is 36.7. The maximum Gasteiger partial charge on any atom is 0.0786 e. The van der Waals surface area contributed by atoms with Gasteiger partial charge in [-0.15, -0.1) is 0 Å². The van der Waals surface area contributed by atoms with Gasteiger partial charge >= 0.3 is 0 Å². The molecule has 3 heteroatoms. The van der Waals surface area contributed by atoms with Crippen molar-refractivity contribution >= 4 is 86.8 Å². The molecule has 3 heterocycles. The van der Waals surface area contributed by atoms with Gasteiger partial charge in [0.2, 0.25) is 0 Å². The van der Waals surface area contributed by atoms with Crippen LogP contribution in [0.15, 0.2) is 237 Å². The molecule has 3 aromatic heterocycles. The molecule has 0 unspecified atom stereocenters. The average molecular weight is 838 g/mol. The van der Waals surface area contributed by atoms with E-state index in [1.165, 1.54) is 104 Å². The Morgan fingerprint density at radius 1 is 0.273 bits per heavy atom. The van der Waals surface area contributed by atoms with Crippen LogP contribution in [0.1, 0.15) is 0 Å². The van der Waals surface area contributed by atoms with Crippen LogP contribution in [0.2, 0.25) is 0 Å². The van der Waals surface area contributed by atoms with Gasteiger partial charge in [0, 0.05) is 49.9 Å². The van der Waals surface area contributed by atoms with Crippen LogP contribution in [-0.4, -0.2) is 14.1 Å². The molecule has 0 aliphatic carbocycles. The number of aromatic nitrogens is 3. The summed E-state index contributed by atoms with van der Waals surface area (Å²) in [5, 5.41) is 13.4. The molecule has 0 saturated heterocycles. The Bertz CT molecular complexity index is 4160. The third kappa shape index (κ3) is 5.41. The van der Waals surface area contributed by atoms with Crippen LogP contribution in [0.25, 0.3) is 132 Å². The van der Waals surface area contributed by atoms with E-state index in [0.29, 0.717) is 0 Å². The van der Waals surface area contributed by atoms with Crippen molar-refractivity contribution in [3.63, 3.8) is 0 Å². The van der Waals surface area contributed by atoms with Crippen molar-refractivity contribution in [1.29, 1.82) is 0 Å². The van der Waals surface area contributed by atoms with E-state index >= 15 is 0 Å². The number of hydrogen-bond acceptors (Lipinski definition) is 1. The van der Waals surface area contributed by atoms with Crippen molar-refractivity contribution in [1.82, 2.24) is 14.1 Å². The van der Waals surface area contributed by atoms with Gasteiger partial charge in [0.1, 0.15) is 0 Å². The Labute approximate surface area is 380 Å². The third-order valence-corrected chi connectivity index (χ3v) is 13.9. The largest absolute Gasteiger partial charge is 0.309 e. The van der Waals surface area contributed by atoms with E-state index in [2.05, 4.69) is 240 Å². The molecule has 11 aromatic carbocycles. The number of fused-ring (bicyclic) bond motifs is 11. The minimum Gasteiger partial charge on any atom is -0.309 e. The third-order valence-electron chi connectivity index (χ3n) is 13.9. The molecule has 0 aliphatic heterocycles. The smallest absolute Gasteiger partial charge is 0.0786 e. The number of hydrogen-bond donors (Lipinski definition) is 0. The van der Waals surface area contributed by atoms with Gasteiger partial charge in [-0.25, -0.2) is 0 Å². The second-order valence-electron chi connectivity index (χ2n) is 17.4. The van der Waals surface area contributed by atoms with Crippen LogP contribution in [0.3, 0.4) is 0 Å². The summed E-state index contributed by atoms with van der Waals surface area (Å²) in [7, 11) is 0. The Morgan fingerprint density at radius 3 is 1.18 bits per heavy atom. The predicted molar refractivity (Wildman–Crippen MR) is 279 cm³/mol. The van der Waals surface area contributed by atoms with E-state index in [1.54, 1.807) is 0 Å². The second kappa shape index (κ2) is 14.4. The zero-order chi connectivity index (χ0) is 43.3. The van der Waals surface area contributed by atoms with Crippen LogP contribution in [0.5, 0.6) is 0 Å². The summed E-state index contributed by atoms with van der Waals surface area (Å²) in [5.41, 5.74) is 15.3. The lowest BCUT2D eigenvalue weighted by atomic mass is 9.84. The van der Waals surface area contributed by atoms with E-state index in [-0.39, 0.29) is 0 Å². The Morgan fingerprint density at radius 2 is 0.667 bits per heavy atom. The fourth-order valence-electron chi connectivity index (χ4n) is 11.1. The van der Waals surface area contributed by atoms with Crippen LogP contribution in [0, 0.1) is 0 Å². The lowest BCUT2D eigenvalue weighted by Gasteiger charge is -2.20. The Balaban J connectivity index is 1.01. The second-order valence-corrected chi connectivity index (χ2v) is 17.4. The fraction of sp³-hybridized carbons (Fsp3) is 0. The quantitative estimate of drug-likeness (QED) is 0.125. The molecule has 0 bridgehead atoms. The molecule has 0 amide bonds. The molecule has 14 aromatic rings. The topological polar surface area (TPSA) is 22.8 Å². The normalized spacial score (nSPS) is 11.9. The highest BCUT2D eigenvalue weighted by Crippen LogP contribution is 2.46. The van der Waals surface area contributed by atoms with Crippen molar-refractivity contribution in [2.45, 2.75) is 0 Å². The van der Waals surface area contributed by atoms with Crippen LogP contribution in [-0.2, 0) is 0 Å². The first-order valence-electron chi connectivity index (χ1n) is 22.7. The van der Waals surface area contributed by atoms with Gasteiger partial charge in [0.05, 0.1) is 27.6 Å². The summed E-state index contributed by atoms with van der Waals surface area (Å²) in [6.45, 7) is 0. The van der Waals surface area contributed by atoms with Crippen molar-refractivity contribution < 1.29 is 0 Å². The minimum atomic E-state index is 1.02. The number of para-hydroxylation sites is 4. The van der Waals surface area contributed by atoms with Crippen LogP contribution in [0.4, 0.5) is 0 Å². The molecule has 3 nitrogen and oxygen atoms in total. The van der Waals surface area contributed by atoms with Crippen LogP contribution >= 0.6 is 0 Å². The molecule has 0 atom stereocenters. The summed E-state index contributed by atoms with van der Waals surface area (Å²) in [5.74, 6) is 0. The molecule has 0 radical (unpaired) electrons. The highest BCUT2D eigenvalue weighted by Gasteiger charge is 2.20. The van der Waals surface area contributed by atoms with E-state index in [1.807, 2.05) is 6.20 Å². The first-order chi connectivity index (χ1) is 32.8. The molecule has 306 valence electrons.